The zero-order valence-corrected chi connectivity index (χ0v) is 11.0. The molecule has 0 radical (unpaired) electrons. The highest BCUT2D eigenvalue weighted by Crippen LogP contribution is 2.06. The van der Waals surface area contributed by atoms with Crippen molar-refractivity contribution >= 4 is 6.03 Å². The number of carbonyl (C=O) groups excluding carboxylic acids is 1. The zero-order chi connectivity index (χ0) is 14.2. The first-order valence-electron chi connectivity index (χ1n) is 6.33. The number of primary amides is 1. The number of amides is 2. The van der Waals surface area contributed by atoms with E-state index in [1.807, 2.05) is 30.3 Å². The molecule has 20 heavy (non-hydrogen) atoms. The van der Waals surface area contributed by atoms with Gasteiger partial charge in [-0.15, -0.1) is 0 Å². The van der Waals surface area contributed by atoms with Gasteiger partial charge in [0.1, 0.15) is 0 Å². The van der Waals surface area contributed by atoms with E-state index >= 15 is 0 Å². The van der Waals surface area contributed by atoms with Crippen molar-refractivity contribution in [2.45, 2.75) is 13.0 Å². The Morgan fingerprint density at radius 1 is 1.25 bits per heavy atom. The van der Waals surface area contributed by atoms with Gasteiger partial charge in [0.05, 0.1) is 6.54 Å². The van der Waals surface area contributed by atoms with Crippen LogP contribution < -0.4 is 16.4 Å². The minimum absolute atomic E-state index is 0.459. The molecule has 0 saturated carbocycles. The van der Waals surface area contributed by atoms with E-state index in [1.54, 1.807) is 0 Å². The van der Waals surface area contributed by atoms with Gasteiger partial charge < -0.3 is 20.9 Å². The molecular weight excluding hydrogens is 258 g/mol. The Morgan fingerprint density at radius 2 is 2.05 bits per heavy atom. The largest absolute Gasteiger partial charge is 0.352 e. The number of aromatic nitrogens is 2. The topological polar surface area (TPSA) is 106 Å². The van der Waals surface area contributed by atoms with Crippen LogP contribution in [0.5, 0.6) is 0 Å². The van der Waals surface area contributed by atoms with E-state index in [0.717, 1.165) is 5.56 Å². The summed E-state index contributed by atoms with van der Waals surface area (Å²) < 4.78 is 5.13. The highest BCUT2D eigenvalue weighted by Gasteiger charge is 2.06. The van der Waals surface area contributed by atoms with E-state index in [4.69, 9.17) is 10.3 Å². The minimum atomic E-state index is -0.533. The fourth-order valence-corrected chi connectivity index (χ4v) is 1.68. The van der Waals surface area contributed by atoms with Gasteiger partial charge in [0.2, 0.25) is 5.89 Å². The Labute approximate surface area is 116 Å². The first-order valence-corrected chi connectivity index (χ1v) is 6.33. The van der Waals surface area contributed by atoms with Gasteiger partial charge in [-0.25, -0.2) is 4.79 Å². The van der Waals surface area contributed by atoms with Gasteiger partial charge in [-0.1, -0.05) is 35.5 Å². The van der Waals surface area contributed by atoms with Crippen LogP contribution in [0, 0.1) is 0 Å². The summed E-state index contributed by atoms with van der Waals surface area (Å²) >= 11 is 0. The summed E-state index contributed by atoms with van der Waals surface area (Å²) in [6, 6.07) is 9.42. The number of carbonyl (C=O) groups is 1. The normalized spacial score (nSPS) is 10.4. The second-order valence-corrected chi connectivity index (χ2v) is 4.23. The van der Waals surface area contributed by atoms with Gasteiger partial charge in [0.15, 0.2) is 5.82 Å². The molecule has 7 heteroatoms. The van der Waals surface area contributed by atoms with Crippen molar-refractivity contribution < 1.29 is 9.32 Å². The number of urea groups is 1. The SMILES string of the molecule is NC(=O)NCCNCc1nc(Cc2ccccc2)no1. The Balaban J connectivity index is 1.73. The minimum Gasteiger partial charge on any atom is -0.352 e. The quantitative estimate of drug-likeness (QED) is 0.635. The molecule has 1 heterocycles. The van der Waals surface area contributed by atoms with Crippen LogP contribution in [0.1, 0.15) is 17.3 Å². The van der Waals surface area contributed by atoms with Crippen molar-refractivity contribution in [3.63, 3.8) is 0 Å². The highest BCUT2D eigenvalue weighted by atomic mass is 16.5. The van der Waals surface area contributed by atoms with E-state index in [9.17, 15) is 4.79 Å². The summed E-state index contributed by atoms with van der Waals surface area (Å²) in [7, 11) is 0. The summed E-state index contributed by atoms with van der Waals surface area (Å²) in [5, 5.41) is 9.47. The Hall–Kier alpha value is -2.41. The molecular formula is C13H17N5O2. The van der Waals surface area contributed by atoms with Crippen LogP contribution in [-0.4, -0.2) is 29.3 Å². The average Bonchev–Trinajstić information content (AvgIpc) is 2.87. The third kappa shape index (κ3) is 4.69. The molecule has 0 aliphatic heterocycles. The van der Waals surface area contributed by atoms with Crippen LogP contribution in [0.15, 0.2) is 34.9 Å². The predicted octanol–water partition coefficient (Wildman–Crippen LogP) is 0.418. The molecule has 2 rings (SSSR count). The van der Waals surface area contributed by atoms with Crippen molar-refractivity contribution in [3.8, 4) is 0 Å². The molecule has 0 aliphatic carbocycles. The van der Waals surface area contributed by atoms with Gasteiger partial charge in [-0.2, -0.15) is 4.98 Å². The lowest BCUT2D eigenvalue weighted by Gasteiger charge is -2.01. The second-order valence-electron chi connectivity index (χ2n) is 4.23. The number of nitrogens with one attached hydrogen (secondary N) is 2. The van der Waals surface area contributed by atoms with Gasteiger partial charge in [0.25, 0.3) is 0 Å². The second kappa shape index (κ2) is 7.25. The smallest absolute Gasteiger partial charge is 0.312 e. The molecule has 2 amide bonds. The van der Waals surface area contributed by atoms with E-state index < -0.39 is 6.03 Å². The number of rotatable bonds is 7. The van der Waals surface area contributed by atoms with Crippen molar-refractivity contribution in [2.75, 3.05) is 13.1 Å². The van der Waals surface area contributed by atoms with Crippen molar-refractivity contribution in [3.05, 3.63) is 47.6 Å². The lowest BCUT2D eigenvalue weighted by atomic mass is 10.1. The molecule has 0 saturated heterocycles. The van der Waals surface area contributed by atoms with Crippen LogP contribution >= 0.6 is 0 Å². The van der Waals surface area contributed by atoms with Crippen molar-refractivity contribution in [1.82, 2.24) is 20.8 Å². The number of hydrogen-bond acceptors (Lipinski definition) is 5. The molecule has 2 aromatic rings. The predicted molar refractivity (Wildman–Crippen MR) is 72.8 cm³/mol. The van der Waals surface area contributed by atoms with Gasteiger partial charge in [-0.3, -0.25) is 0 Å². The lowest BCUT2D eigenvalue weighted by Crippen LogP contribution is -2.35. The molecule has 0 fully saturated rings. The van der Waals surface area contributed by atoms with Crippen LogP contribution in [0.25, 0.3) is 0 Å². The van der Waals surface area contributed by atoms with E-state index in [-0.39, 0.29) is 0 Å². The fraction of sp³-hybridized carbons (Fsp3) is 0.308. The maximum absolute atomic E-state index is 10.5. The fourth-order valence-electron chi connectivity index (χ4n) is 1.68. The standard InChI is InChI=1S/C13H17N5O2/c14-13(19)16-7-6-15-9-12-17-11(18-20-12)8-10-4-2-1-3-5-10/h1-5,15H,6-9H2,(H3,14,16,19). The monoisotopic (exact) mass is 275 g/mol. The van der Waals surface area contributed by atoms with Crippen LogP contribution in [0.3, 0.4) is 0 Å². The average molecular weight is 275 g/mol. The van der Waals surface area contributed by atoms with Crippen LogP contribution in [-0.2, 0) is 13.0 Å². The highest BCUT2D eigenvalue weighted by molar-refractivity contribution is 5.71. The van der Waals surface area contributed by atoms with Crippen LogP contribution in [0.4, 0.5) is 4.79 Å². The third-order valence-electron chi connectivity index (χ3n) is 2.59. The van der Waals surface area contributed by atoms with Gasteiger partial charge in [0, 0.05) is 19.5 Å². The zero-order valence-electron chi connectivity index (χ0n) is 11.0. The summed E-state index contributed by atoms with van der Waals surface area (Å²) in [4.78, 5) is 14.7. The summed E-state index contributed by atoms with van der Waals surface area (Å²) in [5.74, 6) is 1.18. The van der Waals surface area contributed by atoms with Crippen molar-refractivity contribution in [1.29, 1.82) is 0 Å². The molecule has 0 aliphatic rings. The summed E-state index contributed by atoms with van der Waals surface area (Å²) in [5.41, 5.74) is 6.08. The van der Waals surface area contributed by atoms with Gasteiger partial charge in [-0.05, 0) is 5.56 Å². The summed E-state index contributed by atoms with van der Waals surface area (Å²) in [6.07, 6.45) is 0.646. The van der Waals surface area contributed by atoms with E-state index in [1.165, 1.54) is 0 Å². The van der Waals surface area contributed by atoms with E-state index in [2.05, 4.69) is 20.8 Å². The molecule has 0 bridgehead atoms. The lowest BCUT2D eigenvalue weighted by molar-refractivity contribution is 0.249. The Kier molecular flexibility index (Phi) is 5.08. The summed E-state index contributed by atoms with van der Waals surface area (Å²) in [6.45, 7) is 1.50. The maximum atomic E-state index is 10.5. The number of nitrogens with zero attached hydrogens (tertiary/aromatic N) is 2. The molecule has 1 aromatic carbocycles. The molecule has 0 atom stereocenters. The first-order chi connectivity index (χ1) is 9.74. The van der Waals surface area contributed by atoms with Crippen molar-refractivity contribution in [2.24, 2.45) is 5.73 Å². The maximum Gasteiger partial charge on any atom is 0.312 e. The number of nitrogens with two attached hydrogens (primary N) is 1. The molecule has 0 unspecified atom stereocenters. The van der Waals surface area contributed by atoms with E-state index in [0.29, 0.717) is 37.8 Å². The third-order valence-corrected chi connectivity index (χ3v) is 2.59. The van der Waals surface area contributed by atoms with Crippen LogP contribution in [0.2, 0.25) is 0 Å². The number of benzene rings is 1. The first kappa shape index (κ1) is 14.0. The molecule has 0 spiro atoms. The molecule has 4 N–H and O–H groups in total. The molecule has 7 nitrogen and oxygen atoms in total. The van der Waals surface area contributed by atoms with Gasteiger partial charge >= 0.3 is 6.03 Å². The molecule has 106 valence electrons. The molecule has 1 aromatic heterocycles. The Morgan fingerprint density at radius 3 is 2.80 bits per heavy atom. The number of hydrogen-bond donors (Lipinski definition) is 3. The Bertz CT molecular complexity index is 541.